The molecule has 0 bridgehead atoms. The normalized spacial score (nSPS) is 10.1. The molecule has 1 aromatic carbocycles. The first-order chi connectivity index (χ1) is 7.31. The van der Waals surface area contributed by atoms with E-state index in [9.17, 15) is 4.79 Å². The number of aromatic amines is 1. The Morgan fingerprint density at radius 3 is 3.20 bits per heavy atom. The molecule has 0 spiro atoms. The molecule has 0 aliphatic carbocycles. The first kappa shape index (κ1) is 9.39. The maximum atomic E-state index is 10.9. The van der Waals surface area contributed by atoms with Gasteiger partial charge in [-0.15, -0.1) is 0 Å². The molecule has 5 nitrogen and oxygen atoms in total. The van der Waals surface area contributed by atoms with E-state index in [1.54, 1.807) is 0 Å². The first-order valence-corrected chi connectivity index (χ1v) is 4.39. The lowest BCUT2D eigenvalue weighted by Crippen LogP contribution is -2.00. The van der Waals surface area contributed by atoms with Gasteiger partial charge < -0.3 is 4.74 Å². The number of carbonyl (C=O) groups is 1. The smallest absolute Gasteiger partial charge is 0.330 e. The van der Waals surface area contributed by atoms with Crippen molar-refractivity contribution < 1.29 is 9.53 Å². The van der Waals surface area contributed by atoms with Gasteiger partial charge in [-0.05, 0) is 6.07 Å². The van der Waals surface area contributed by atoms with E-state index in [1.807, 2.05) is 18.2 Å². The second-order valence-corrected chi connectivity index (χ2v) is 2.92. The van der Waals surface area contributed by atoms with Crippen LogP contribution in [-0.4, -0.2) is 21.4 Å². The summed E-state index contributed by atoms with van der Waals surface area (Å²) in [5.41, 5.74) is 2.29. The van der Waals surface area contributed by atoms with Crippen LogP contribution in [0.1, 0.15) is 5.56 Å². The minimum absolute atomic E-state index is 0.175. The summed E-state index contributed by atoms with van der Waals surface area (Å²) in [5, 5.41) is 10.4. The van der Waals surface area contributed by atoms with Gasteiger partial charge in [0.25, 0.3) is 0 Å². The van der Waals surface area contributed by atoms with E-state index in [1.165, 1.54) is 0 Å². The number of para-hydroxylation sites is 1. The average Bonchev–Trinajstić information content (AvgIpc) is 2.74. The highest BCUT2D eigenvalue weighted by Gasteiger charge is 2.05. The average molecular weight is 203 g/mol. The molecule has 0 aliphatic heterocycles. The number of benzene rings is 1. The Hall–Kier alpha value is -2.17. The van der Waals surface area contributed by atoms with Crippen LogP contribution in [0.4, 0.5) is 0 Å². The van der Waals surface area contributed by atoms with Gasteiger partial charge in [-0.25, -0.2) is 4.79 Å². The monoisotopic (exact) mass is 203 g/mol. The Bertz CT molecular complexity index is 504. The Morgan fingerprint density at radius 2 is 2.40 bits per heavy atom. The Morgan fingerprint density at radius 1 is 1.53 bits per heavy atom. The molecule has 0 fully saturated rings. The number of H-pyrrole nitrogens is 1. The molecule has 0 amide bonds. The van der Waals surface area contributed by atoms with Gasteiger partial charge in [-0.1, -0.05) is 18.7 Å². The van der Waals surface area contributed by atoms with Crippen molar-refractivity contribution in [1.82, 2.24) is 15.4 Å². The zero-order chi connectivity index (χ0) is 10.7. The summed E-state index contributed by atoms with van der Waals surface area (Å²) in [7, 11) is 0. The predicted molar refractivity (Wildman–Crippen MR) is 53.9 cm³/mol. The van der Waals surface area contributed by atoms with E-state index in [2.05, 4.69) is 22.0 Å². The maximum absolute atomic E-state index is 10.9. The highest BCUT2D eigenvalue weighted by Crippen LogP contribution is 2.14. The summed E-state index contributed by atoms with van der Waals surface area (Å²) < 4.78 is 4.92. The Balaban J connectivity index is 2.24. The van der Waals surface area contributed by atoms with Crippen LogP contribution >= 0.6 is 0 Å². The van der Waals surface area contributed by atoms with Crippen molar-refractivity contribution in [3.05, 3.63) is 36.4 Å². The summed E-state index contributed by atoms with van der Waals surface area (Å²) in [6, 6.07) is 5.50. The molecule has 5 heteroatoms. The third-order valence-electron chi connectivity index (χ3n) is 1.97. The fraction of sp³-hybridized carbons (Fsp3) is 0.100. The van der Waals surface area contributed by atoms with E-state index < -0.39 is 5.97 Å². The minimum atomic E-state index is -0.449. The molecule has 0 saturated carbocycles. The number of nitrogens with zero attached hydrogens (tertiary/aromatic N) is 2. The molecule has 1 N–H and O–H groups in total. The molecule has 0 atom stereocenters. The molecule has 2 aromatic rings. The number of esters is 1. The zero-order valence-electron chi connectivity index (χ0n) is 7.93. The summed E-state index contributed by atoms with van der Waals surface area (Å²) in [5.74, 6) is -0.449. The molecular formula is C10H9N3O2. The number of carbonyl (C=O) groups excluding carboxylic acids is 1. The first-order valence-electron chi connectivity index (χ1n) is 4.39. The topological polar surface area (TPSA) is 67.9 Å². The number of ether oxygens (including phenoxy) is 1. The van der Waals surface area contributed by atoms with Crippen molar-refractivity contribution in [2.24, 2.45) is 0 Å². The summed E-state index contributed by atoms with van der Waals surface area (Å²) in [6.45, 7) is 3.49. The van der Waals surface area contributed by atoms with Crippen molar-refractivity contribution in [1.29, 1.82) is 0 Å². The Kier molecular flexibility index (Phi) is 2.45. The maximum Gasteiger partial charge on any atom is 0.330 e. The molecule has 15 heavy (non-hydrogen) atoms. The lowest BCUT2D eigenvalue weighted by molar-refractivity contribution is -0.138. The molecule has 2 rings (SSSR count). The van der Waals surface area contributed by atoms with E-state index >= 15 is 0 Å². The summed E-state index contributed by atoms with van der Waals surface area (Å²) in [6.07, 6.45) is 1.13. The lowest BCUT2D eigenvalue weighted by atomic mass is 10.2. The van der Waals surface area contributed by atoms with Crippen LogP contribution in [-0.2, 0) is 16.1 Å². The number of fused-ring (bicyclic) bond motifs is 1. The van der Waals surface area contributed by atoms with Crippen LogP contribution in [0.2, 0.25) is 0 Å². The Labute approximate surface area is 85.7 Å². The van der Waals surface area contributed by atoms with Crippen molar-refractivity contribution in [3.63, 3.8) is 0 Å². The van der Waals surface area contributed by atoms with Crippen LogP contribution in [0.15, 0.2) is 30.9 Å². The van der Waals surface area contributed by atoms with Gasteiger partial charge in [0.05, 0.1) is 0 Å². The van der Waals surface area contributed by atoms with Crippen molar-refractivity contribution in [2.45, 2.75) is 6.61 Å². The standard InChI is InChI=1S/C10H9N3O2/c1-2-9(14)15-6-7-4-3-5-8-10(7)12-13-11-8/h2-5H,1,6H2,(H,11,12,13). The number of rotatable bonds is 3. The van der Waals surface area contributed by atoms with E-state index in [0.29, 0.717) is 0 Å². The lowest BCUT2D eigenvalue weighted by Gasteiger charge is -2.01. The molecule has 76 valence electrons. The fourth-order valence-corrected chi connectivity index (χ4v) is 1.25. The van der Waals surface area contributed by atoms with Crippen LogP contribution in [0, 0.1) is 0 Å². The fourth-order valence-electron chi connectivity index (χ4n) is 1.25. The number of hydrogen-bond acceptors (Lipinski definition) is 4. The van der Waals surface area contributed by atoms with Crippen LogP contribution in [0.3, 0.4) is 0 Å². The van der Waals surface area contributed by atoms with Crippen LogP contribution in [0.25, 0.3) is 11.0 Å². The van der Waals surface area contributed by atoms with Gasteiger partial charge in [0.2, 0.25) is 0 Å². The van der Waals surface area contributed by atoms with Crippen LogP contribution < -0.4 is 0 Å². The molecule has 1 aromatic heterocycles. The molecule has 1 heterocycles. The van der Waals surface area contributed by atoms with Crippen molar-refractivity contribution in [2.75, 3.05) is 0 Å². The van der Waals surface area contributed by atoms with Gasteiger partial charge >= 0.3 is 5.97 Å². The second kappa shape index (κ2) is 3.91. The van der Waals surface area contributed by atoms with Crippen LogP contribution in [0.5, 0.6) is 0 Å². The highest BCUT2D eigenvalue weighted by atomic mass is 16.5. The molecule has 0 saturated heterocycles. The van der Waals surface area contributed by atoms with Gasteiger partial charge in [-0.2, -0.15) is 15.4 Å². The van der Waals surface area contributed by atoms with Gasteiger partial charge in [0, 0.05) is 11.6 Å². The van der Waals surface area contributed by atoms with Gasteiger partial charge in [-0.3, -0.25) is 0 Å². The number of aromatic nitrogens is 3. The molecule has 0 radical (unpaired) electrons. The number of nitrogens with one attached hydrogen (secondary N) is 1. The highest BCUT2D eigenvalue weighted by molar-refractivity contribution is 5.82. The van der Waals surface area contributed by atoms with E-state index in [0.717, 1.165) is 22.7 Å². The quantitative estimate of drug-likeness (QED) is 0.601. The number of hydrogen-bond donors (Lipinski definition) is 1. The second-order valence-electron chi connectivity index (χ2n) is 2.92. The molecule has 0 aliphatic rings. The van der Waals surface area contributed by atoms with Gasteiger partial charge in [0.1, 0.15) is 17.6 Å². The molecular weight excluding hydrogens is 194 g/mol. The summed E-state index contributed by atoms with van der Waals surface area (Å²) >= 11 is 0. The third-order valence-corrected chi connectivity index (χ3v) is 1.97. The summed E-state index contributed by atoms with van der Waals surface area (Å²) in [4.78, 5) is 10.9. The predicted octanol–water partition coefficient (Wildman–Crippen LogP) is 1.19. The van der Waals surface area contributed by atoms with Gasteiger partial charge in [0.15, 0.2) is 0 Å². The van der Waals surface area contributed by atoms with Crippen molar-refractivity contribution >= 4 is 17.0 Å². The minimum Gasteiger partial charge on any atom is -0.458 e. The zero-order valence-corrected chi connectivity index (χ0v) is 7.93. The van der Waals surface area contributed by atoms with E-state index in [-0.39, 0.29) is 6.61 Å². The third kappa shape index (κ3) is 1.85. The van der Waals surface area contributed by atoms with Crippen molar-refractivity contribution in [3.8, 4) is 0 Å². The SMILES string of the molecule is C=CC(=O)OCc1cccc2n[nH]nc12. The van der Waals surface area contributed by atoms with E-state index in [4.69, 9.17) is 4.74 Å². The largest absolute Gasteiger partial charge is 0.458 e. The molecule has 0 unspecified atom stereocenters.